The van der Waals surface area contributed by atoms with Crippen molar-refractivity contribution in [2.24, 2.45) is 17.8 Å². The van der Waals surface area contributed by atoms with Crippen LogP contribution in [0.1, 0.15) is 46.0 Å². The molecule has 0 saturated heterocycles. The third kappa shape index (κ3) is 3.52. The number of esters is 1. The van der Waals surface area contributed by atoms with Crippen molar-refractivity contribution in [1.82, 2.24) is 0 Å². The molecule has 3 heteroatoms. The van der Waals surface area contributed by atoms with Crippen molar-refractivity contribution < 1.29 is 9.53 Å². The van der Waals surface area contributed by atoms with E-state index < -0.39 is 5.92 Å². The summed E-state index contributed by atoms with van der Waals surface area (Å²) in [6.45, 7) is 4.38. The fourth-order valence-corrected chi connectivity index (χ4v) is 2.43. The molecule has 0 aromatic carbocycles. The van der Waals surface area contributed by atoms with E-state index in [-0.39, 0.29) is 11.9 Å². The van der Waals surface area contributed by atoms with Gasteiger partial charge in [-0.3, -0.25) is 4.79 Å². The van der Waals surface area contributed by atoms with Crippen molar-refractivity contribution >= 4 is 5.97 Å². The van der Waals surface area contributed by atoms with Gasteiger partial charge in [0.25, 0.3) is 0 Å². The lowest BCUT2D eigenvalue weighted by atomic mass is 9.87. The maximum absolute atomic E-state index is 11.6. The zero-order chi connectivity index (χ0) is 12.0. The summed E-state index contributed by atoms with van der Waals surface area (Å²) < 4.78 is 4.95. The molecule has 0 spiro atoms. The third-order valence-corrected chi connectivity index (χ3v) is 3.45. The van der Waals surface area contributed by atoms with Gasteiger partial charge >= 0.3 is 5.97 Å². The Labute approximate surface area is 97.8 Å². The zero-order valence-corrected chi connectivity index (χ0v) is 10.2. The fraction of sp³-hybridized carbons (Fsp3) is 0.846. The number of nitrogens with zero attached hydrogens (tertiary/aromatic N) is 1. The van der Waals surface area contributed by atoms with Gasteiger partial charge in [0.05, 0.1) is 12.7 Å². The number of hydrogen-bond acceptors (Lipinski definition) is 3. The standard InChI is InChI=1S/C13H21NO2/c1-3-16-13(15)12(9-14)11-6-4-5-10(2)7-8-11/h10-12H,3-8H2,1-2H3/t10-,11+,12+/m0/s1. The number of carbonyl (C=O) groups is 1. The number of carbonyl (C=O) groups excluding carboxylic acids is 1. The molecule has 0 aromatic rings. The van der Waals surface area contributed by atoms with Gasteiger partial charge in [0, 0.05) is 0 Å². The van der Waals surface area contributed by atoms with Crippen LogP contribution < -0.4 is 0 Å². The molecule has 0 amide bonds. The number of hydrogen-bond donors (Lipinski definition) is 0. The Balaban J connectivity index is 2.58. The van der Waals surface area contributed by atoms with E-state index >= 15 is 0 Å². The van der Waals surface area contributed by atoms with Crippen LogP contribution in [-0.4, -0.2) is 12.6 Å². The van der Waals surface area contributed by atoms with Crippen LogP contribution in [0.5, 0.6) is 0 Å². The average molecular weight is 223 g/mol. The minimum Gasteiger partial charge on any atom is -0.465 e. The lowest BCUT2D eigenvalue weighted by Gasteiger charge is -2.18. The number of ether oxygens (including phenoxy) is 1. The zero-order valence-electron chi connectivity index (χ0n) is 10.2. The van der Waals surface area contributed by atoms with E-state index in [0.29, 0.717) is 6.61 Å². The van der Waals surface area contributed by atoms with Crippen LogP contribution in [0.3, 0.4) is 0 Å². The van der Waals surface area contributed by atoms with Crippen LogP contribution in [0.2, 0.25) is 0 Å². The summed E-state index contributed by atoms with van der Waals surface area (Å²) in [4.78, 5) is 11.6. The molecule has 1 saturated carbocycles. The number of nitriles is 1. The SMILES string of the molecule is CCOC(=O)[C@H](C#N)[C@@H]1CCC[C@H](C)CC1. The maximum Gasteiger partial charge on any atom is 0.323 e. The molecule has 0 bridgehead atoms. The summed E-state index contributed by atoms with van der Waals surface area (Å²) in [5.74, 6) is 0.0512. The van der Waals surface area contributed by atoms with Crippen LogP contribution in [0.4, 0.5) is 0 Å². The highest BCUT2D eigenvalue weighted by Crippen LogP contribution is 2.32. The predicted molar refractivity (Wildman–Crippen MR) is 61.5 cm³/mol. The normalized spacial score (nSPS) is 27.6. The van der Waals surface area contributed by atoms with Crippen molar-refractivity contribution in [3.63, 3.8) is 0 Å². The Bertz CT molecular complexity index is 270. The van der Waals surface area contributed by atoms with E-state index in [9.17, 15) is 4.79 Å². The molecule has 90 valence electrons. The molecule has 1 aliphatic carbocycles. The predicted octanol–water partition coefficient (Wildman–Crippen LogP) is 2.91. The molecule has 1 fully saturated rings. The Hall–Kier alpha value is -1.04. The van der Waals surface area contributed by atoms with Crippen LogP contribution in [0, 0.1) is 29.1 Å². The van der Waals surface area contributed by atoms with Gasteiger partial charge in [-0.1, -0.05) is 26.2 Å². The lowest BCUT2D eigenvalue weighted by molar-refractivity contribution is -0.147. The van der Waals surface area contributed by atoms with Gasteiger partial charge in [-0.2, -0.15) is 5.26 Å². The molecule has 3 atom stereocenters. The minimum atomic E-state index is -0.551. The summed E-state index contributed by atoms with van der Waals surface area (Å²) in [6.07, 6.45) is 5.45. The van der Waals surface area contributed by atoms with Gasteiger partial charge in [-0.25, -0.2) is 0 Å². The largest absolute Gasteiger partial charge is 0.465 e. The Morgan fingerprint density at radius 2 is 2.19 bits per heavy atom. The van der Waals surface area contributed by atoms with E-state index in [0.717, 1.165) is 31.6 Å². The van der Waals surface area contributed by atoms with Gasteiger partial charge in [0.1, 0.15) is 5.92 Å². The molecule has 3 nitrogen and oxygen atoms in total. The van der Waals surface area contributed by atoms with E-state index in [4.69, 9.17) is 10.00 Å². The highest BCUT2D eigenvalue weighted by molar-refractivity contribution is 5.75. The summed E-state index contributed by atoms with van der Waals surface area (Å²) in [5, 5.41) is 9.08. The molecule has 1 rings (SSSR count). The first-order chi connectivity index (χ1) is 7.69. The van der Waals surface area contributed by atoms with Gasteiger partial charge in [-0.15, -0.1) is 0 Å². The minimum absolute atomic E-state index is 0.203. The second kappa shape index (κ2) is 6.52. The van der Waals surface area contributed by atoms with E-state index in [1.165, 1.54) is 6.42 Å². The Morgan fingerprint density at radius 1 is 1.44 bits per heavy atom. The Morgan fingerprint density at radius 3 is 2.81 bits per heavy atom. The van der Waals surface area contributed by atoms with Crippen molar-refractivity contribution in [2.75, 3.05) is 6.61 Å². The van der Waals surface area contributed by atoms with Crippen molar-refractivity contribution in [2.45, 2.75) is 46.0 Å². The first kappa shape index (κ1) is 13.0. The van der Waals surface area contributed by atoms with Crippen LogP contribution >= 0.6 is 0 Å². The summed E-state index contributed by atoms with van der Waals surface area (Å²) in [6, 6.07) is 2.12. The van der Waals surface area contributed by atoms with E-state index in [2.05, 4.69) is 13.0 Å². The van der Waals surface area contributed by atoms with Crippen LogP contribution in [0.25, 0.3) is 0 Å². The van der Waals surface area contributed by atoms with Crippen molar-refractivity contribution in [3.05, 3.63) is 0 Å². The van der Waals surface area contributed by atoms with Gasteiger partial charge in [0.15, 0.2) is 0 Å². The molecule has 0 aliphatic heterocycles. The summed E-state index contributed by atoms with van der Waals surface area (Å²) in [5.41, 5.74) is 0. The van der Waals surface area contributed by atoms with E-state index in [1.54, 1.807) is 6.92 Å². The highest BCUT2D eigenvalue weighted by Gasteiger charge is 2.30. The average Bonchev–Trinajstić information content (AvgIpc) is 2.46. The summed E-state index contributed by atoms with van der Waals surface area (Å²) >= 11 is 0. The molecular weight excluding hydrogens is 202 g/mol. The third-order valence-electron chi connectivity index (χ3n) is 3.45. The molecule has 16 heavy (non-hydrogen) atoms. The smallest absolute Gasteiger partial charge is 0.323 e. The second-order valence-corrected chi connectivity index (χ2v) is 4.73. The van der Waals surface area contributed by atoms with Crippen LogP contribution in [0.15, 0.2) is 0 Å². The fourth-order valence-electron chi connectivity index (χ4n) is 2.43. The molecular formula is C13H21NO2. The quantitative estimate of drug-likeness (QED) is 0.546. The first-order valence-electron chi connectivity index (χ1n) is 6.25. The monoisotopic (exact) mass is 223 g/mol. The first-order valence-corrected chi connectivity index (χ1v) is 6.25. The molecule has 1 aliphatic rings. The summed E-state index contributed by atoms with van der Waals surface area (Å²) in [7, 11) is 0. The van der Waals surface area contributed by atoms with Gasteiger partial charge < -0.3 is 4.74 Å². The van der Waals surface area contributed by atoms with Gasteiger partial charge in [-0.05, 0) is 31.6 Å². The molecule has 0 unspecified atom stereocenters. The Kier molecular flexibility index (Phi) is 5.31. The van der Waals surface area contributed by atoms with E-state index in [1.807, 2.05) is 0 Å². The topological polar surface area (TPSA) is 50.1 Å². The van der Waals surface area contributed by atoms with Gasteiger partial charge in [0.2, 0.25) is 0 Å². The number of rotatable bonds is 3. The van der Waals surface area contributed by atoms with Crippen LogP contribution in [-0.2, 0) is 9.53 Å². The lowest BCUT2D eigenvalue weighted by Crippen LogP contribution is -2.24. The van der Waals surface area contributed by atoms with Crippen molar-refractivity contribution in [3.8, 4) is 6.07 Å². The molecule has 0 heterocycles. The second-order valence-electron chi connectivity index (χ2n) is 4.73. The highest BCUT2D eigenvalue weighted by atomic mass is 16.5. The maximum atomic E-state index is 11.6. The molecule has 0 N–H and O–H groups in total. The van der Waals surface area contributed by atoms with Crippen molar-refractivity contribution in [1.29, 1.82) is 5.26 Å². The molecule has 0 radical (unpaired) electrons. The molecule has 0 aromatic heterocycles.